The summed E-state index contributed by atoms with van der Waals surface area (Å²) in [6.45, 7) is 2.05. The maximum absolute atomic E-state index is 12.7. The molecule has 4 rings (SSSR count). The first-order valence-corrected chi connectivity index (χ1v) is 11.5. The number of thioether (sulfide) groups is 1. The van der Waals surface area contributed by atoms with Crippen molar-refractivity contribution in [1.82, 2.24) is 24.7 Å². The number of rotatable bonds is 7. The molecule has 0 aliphatic rings. The topological polar surface area (TPSA) is 120 Å². The van der Waals surface area contributed by atoms with Crippen LogP contribution in [0.5, 0.6) is 0 Å². The molecule has 0 aliphatic carbocycles. The fourth-order valence-corrected chi connectivity index (χ4v) is 5.60. The Morgan fingerprint density at radius 3 is 2.90 bits per heavy atom. The summed E-state index contributed by atoms with van der Waals surface area (Å²) >= 11 is 4.57. The summed E-state index contributed by atoms with van der Waals surface area (Å²) in [6.07, 6.45) is 0.674. The van der Waals surface area contributed by atoms with Gasteiger partial charge in [-0.1, -0.05) is 11.8 Å². The van der Waals surface area contributed by atoms with Gasteiger partial charge < -0.3 is 15.3 Å². The van der Waals surface area contributed by atoms with Crippen LogP contribution in [0.15, 0.2) is 27.5 Å². The maximum atomic E-state index is 12.7. The Morgan fingerprint density at radius 1 is 1.34 bits per heavy atom. The number of nitrogens with two attached hydrogens (primary N) is 1. The predicted octanol–water partition coefficient (Wildman–Crippen LogP) is 2.86. The highest BCUT2D eigenvalue weighted by Gasteiger charge is 2.15. The van der Waals surface area contributed by atoms with E-state index in [0.717, 1.165) is 15.3 Å². The third-order valence-electron chi connectivity index (χ3n) is 4.36. The number of hydrogen-bond donors (Lipinski definition) is 2. The monoisotopic (exact) mass is 446 g/mol. The van der Waals surface area contributed by atoms with E-state index in [1.807, 2.05) is 30.0 Å². The molecule has 11 heteroatoms. The normalized spacial score (nSPS) is 11.4. The number of hydrogen-bond acceptors (Lipinski definition) is 8. The van der Waals surface area contributed by atoms with Crippen molar-refractivity contribution in [3.63, 3.8) is 0 Å². The smallest absolute Gasteiger partial charge is 0.260 e. The van der Waals surface area contributed by atoms with Crippen molar-refractivity contribution in [3.8, 4) is 10.4 Å². The van der Waals surface area contributed by atoms with E-state index in [4.69, 9.17) is 5.73 Å². The molecule has 0 radical (unpaired) electrons. The van der Waals surface area contributed by atoms with Gasteiger partial charge in [-0.05, 0) is 19.1 Å². The number of carbonyl (C=O) groups excluding carboxylic acids is 1. The lowest BCUT2D eigenvalue weighted by Crippen LogP contribution is -2.13. The molecule has 0 saturated carbocycles. The molecule has 0 bridgehead atoms. The Kier molecular flexibility index (Phi) is 5.52. The molecular formula is C18H18N6O2S3. The van der Waals surface area contributed by atoms with E-state index in [0.29, 0.717) is 34.4 Å². The zero-order valence-electron chi connectivity index (χ0n) is 15.8. The molecule has 3 N–H and O–H groups in total. The van der Waals surface area contributed by atoms with Gasteiger partial charge in [-0.15, -0.1) is 32.9 Å². The van der Waals surface area contributed by atoms with Gasteiger partial charge in [0.2, 0.25) is 5.91 Å². The van der Waals surface area contributed by atoms with Crippen LogP contribution in [0.3, 0.4) is 0 Å². The van der Waals surface area contributed by atoms with Crippen LogP contribution in [0.4, 0.5) is 0 Å². The minimum absolute atomic E-state index is 0.131. The fraction of sp³-hybridized carbons (Fsp3) is 0.278. The predicted molar refractivity (Wildman–Crippen MR) is 116 cm³/mol. The van der Waals surface area contributed by atoms with Gasteiger partial charge in [0.15, 0.2) is 5.16 Å². The minimum Gasteiger partial charge on any atom is -0.370 e. The third kappa shape index (κ3) is 4.11. The van der Waals surface area contributed by atoms with Gasteiger partial charge in [-0.2, -0.15) is 0 Å². The van der Waals surface area contributed by atoms with Gasteiger partial charge >= 0.3 is 0 Å². The molecule has 150 valence electrons. The van der Waals surface area contributed by atoms with Crippen molar-refractivity contribution in [2.45, 2.75) is 30.7 Å². The van der Waals surface area contributed by atoms with Crippen molar-refractivity contribution >= 4 is 50.6 Å². The van der Waals surface area contributed by atoms with Gasteiger partial charge in [0, 0.05) is 40.6 Å². The molecule has 29 heavy (non-hydrogen) atoms. The standard InChI is InChI=1S/C18H18N6O2S3/c1-9-3-4-11(29-9)10-7-27-17-15(10)16(26)20-13(21-17)8-28-18-23-22-14(24(18)2)6-5-12(19)25/h3-4,7H,5-6,8H2,1-2H3,(H2,19,25)(H,20,21,26). The Morgan fingerprint density at radius 2 is 2.17 bits per heavy atom. The summed E-state index contributed by atoms with van der Waals surface area (Å²) < 4.78 is 1.83. The van der Waals surface area contributed by atoms with Crippen LogP contribution in [0.2, 0.25) is 0 Å². The van der Waals surface area contributed by atoms with Crippen LogP contribution in [-0.2, 0) is 24.0 Å². The number of fused-ring (bicyclic) bond motifs is 1. The second-order valence-corrected chi connectivity index (χ2v) is 9.55. The molecule has 0 aliphatic heterocycles. The summed E-state index contributed by atoms with van der Waals surface area (Å²) in [5.74, 6) is 1.37. The third-order valence-corrected chi connectivity index (χ3v) is 7.29. The van der Waals surface area contributed by atoms with E-state index in [1.165, 1.54) is 28.0 Å². The van der Waals surface area contributed by atoms with E-state index in [9.17, 15) is 9.59 Å². The molecule has 0 atom stereocenters. The van der Waals surface area contributed by atoms with Crippen LogP contribution < -0.4 is 11.3 Å². The highest BCUT2D eigenvalue weighted by molar-refractivity contribution is 7.98. The number of amides is 1. The zero-order chi connectivity index (χ0) is 20.5. The zero-order valence-corrected chi connectivity index (χ0v) is 18.2. The molecule has 4 heterocycles. The van der Waals surface area contributed by atoms with E-state index in [2.05, 4.69) is 26.2 Å². The van der Waals surface area contributed by atoms with E-state index in [1.54, 1.807) is 11.3 Å². The van der Waals surface area contributed by atoms with E-state index < -0.39 is 0 Å². The lowest BCUT2D eigenvalue weighted by Gasteiger charge is -2.03. The number of thiophene rings is 2. The highest BCUT2D eigenvalue weighted by Crippen LogP contribution is 2.35. The first kappa shape index (κ1) is 19.8. The molecule has 8 nitrogen and oxygen atoms in total. The van der Waals surface area contributed by atoms with Crippen molar-refractivity contribution < 1.29 is 4.79 Å². The number of aromatic amines is 1. The summed E-state index contributed by atoms with van der Waals surface area (Å²) in [5.41, 5.74) is 5.99. The molecule has 0 saturated heterocycles. The Balaban J connectivity index is 1.54. The van der Waals surface area contributed by atoms with Crippen LogP contribution in [0.1, 0.15) is 22.9 Å². The van der Waals surface area contributed by atoms with Gasteiger partial charge in [-0.25, -0.2) is 4.98 Å². The highest BCUT2D eigenvalue weighted by atomic mass is 32.2. The minimum atomic E-state index is -0.370. The lowest BCUT2D eigenvalue weighted by molar-refractivity contribution is -0.118. The van der Waals surface area contributed by atoms with Crippen LogP contribution >= 0.6 is 34.4 Å². The Bertz CT molecular complexity index is 1250. The number of aromatic nitrogens is 5. The van der Waals surface area contributed by atoms with Gasteiger partial charge in [-0.3, -0.25) is 9.59 Å². The second-order valence-electron chi connectivity index (χ2n) is 6.47. The molecule has 0 spiro atoms. The first-order valence-electron chi connectivity index (χ1n) is 8.79. The Hall–Kier alpha value is -2.50. The molecule has 1 amide bonds. The molecule has 4 aromatic rings. The fourth-order valence-electron chi connectivity index (χ4n) is 2.88. The average molecular weight is 447 g/mol. The summed E-state index contributed by atoms with van der Waals surface area (Å²) in [6, 6.07) is 4.09. The van der Waals surface area contributed by atoms with Gasteiger partial charge in [0.25, 0.3) is 5.56 Å². The molecule has 0 fully saturated rings. The Labute approximate surface area is 178 Å². The molecular weight excluding hydrogens is 428 g/mol. The number of H-pyrrole nitrogens is 1. The quantitative estimate of drug-likeness (QED) is 0.421. The largest absolute Gasteiger partial charge is 0.370 e. The molecule has 0 unspecified atom stereocenters. The number of aryl methyl sites for hydroxylation is 2. The van der Waals surface area contributed by atoms with Crippen LogP contribution in [0.25, 0.3) is 20.7 Å². The second kappa shape index (κ2) is 8.09. The summed E-state index contributed by atoms with van der Waals surface area (Å²) in [7, 11) is 1.84. The van der Waals surface area contributed by atoms with Crippen LogP contribution in [-0.4, -0.2) is 30.6 Å². The molecule has 0 aromatic carbocycles. The summed E-state index contributed by atoms with van der Waals surface area (Å²) in [5, 5.41) is 11.6. The number of nitrogens with zero attached hydrogens (tertiary/aromatic N) is 4. The van der Waals surface area contributed by atoms with Crippen molar-refractivity contribution in [1.29, 1.82) is 0 Å². The lowest BCUT2D eigenvalue weighted by atomic mass is 10.2. The first-order chi connectivity index (χ1) is 13.9. The molecule has 4 aromatic heterocycles. The number of nitrogens with one attached hydrogen (secondary N) is 1. The van der Waals surface area contributed by atoms with E-state index >= 15 is 0 Å². The van der Waals surface area contributed by atoms with E-state index in [-0.39, 0.29) is 17.9 Å². The maximum Gasteiger partial charge on any atom is 0.260 e. The number of primary amides is 1. The summed E-state index contributed by atoms with van der Waals surface area (Å²) in [4.78, 5) is 34.2. The van der Waals surface area contributed by atoms with Crippen molar-refractivity contribution in [3.05, 3.63) is 44.4 Å². The number of carbonyl (C=O) groups is 1. The van der Waals surface area contributed by atoms with Gasteiger partial charge in [0.1, 0.15) is 16.5 Å². The SMILES string of the molecule is Cc1ccc(-c2csc3nc(CSc4nnc(CCC(N)=O)n4C)[nH]c(=O)c23)s1. The van der Waals surface area contributed by atoms with Crippen LogP contribution in [0, 0.1) is 6.92 Å². The van der Waals surface area contributed by atoms with Crippen molar-refractivity contribution in [2.24, 2.45) is 12.8 Å². The van der Waals surface area contributed by atoms with Gasteiger partial charge in [0.05, 0.1) is 11.1 Å². The van der Waals surface area contributed by atoms with Crippen molar-refractivity contribution in [2.75, 3.05) is 0 Å². The average Bonchev–Trinajstić information content (AvgIpc) is 3.37.